The number of carbonyl (C=O) groups is 1. The number of nitrogens with zero attached hydrogens (tertiary/aromatic N) is 1. The monoisotopic (exact) mass is 329 g/mol. The van der Waals surface area contributed by atoms with Gasteiger partial charge in [-0.3, -0.25) is 14.9 Å². The van der Waals surface area contributed by atoms with Crippen molar-refractivity contribution in [2.24, 2.45) is 0 Å². The second kappa shape index (κ2) is 8.64. The van der Waals surface area contributed by atoms with Crippen molar-refractivity contribution in [1.29, 1.82) is 0 Å². The van der Waals surface area contributed by atoms with Gasteiger partial charge in [0.25, 0.3) is 5.69 Å². The van der Waals surface area contributed by atoms with Crippen molar-refractivity contribution in [1.82, 2.24) is 5.32 Å². The van der Waals surface area contributed by atoms with Crippen LogP contribution in [0.4, 0.5) is 11.4 Å². The molecule has 2 rings (SSSR count). The fraction of sp³-hybridized carbons (Fsp3) is 0.235. The van der Waals surface area contributed by atoms with E-state index < -0.39 is 11.0 Å². The average Bonchev–Trinajstić information content (AvgIpc) is 2.59. The van der Waals surface area contributed by atoms with Gasteiger partial charge in [0.15, 0.2) is 0 Å². The fourth-order valence-electron chi connectivity index (χ4n) is 2.21. The van der Waals surface area contributed by atoms with E-state index in [0.29, 0.717) is 6.42 Å². The average molecular weight is 329 g/mol. The van der Waals surface area contributed by atoms with Crippen LogP contribution in [0, 0.1) is 10.1 Å². The summed E-state index contributed by atoms with van der Waals surface area (Å²) in [6, 6.07) is 15.6. The highest BCUT2D eigenvalue weighted by atomic mass is 16.6. The van der Waals surface area contributed by atoms with Gasteiger partial charge in [-0.2, -0.15) is 0 Å². The lowest BCUT2D eigenvalue weighted by Gasteiger charge is -2.12. The van der Waals surface area contributed by atoms with Crippen LogP contribution in [0.5, 0.6) is 0 Å². The van der Waals surface area contributed by atoms with Crippen LogP contribution in [-0.4, -0.2) is 35.1 Å². The maximum absolute atomic E-state index is 11.8. The summed E-state index contributed by atoms with van der Waals surface area (Å²) in [5, 5.41) is 26.1. The molecule has 0 heterocycles. The largest absolute Gasteiger partial charge is 0.391 e. The second-order valence-electron chi connectivity index (χ2n) is 5.28. The molecule has 7 nitrogen and oxygen atoms in total. The highest BCUT2D eigenvalue weighted by Gasteiger charge is 2.13. The Morgan fingerprint density at radius 2 is 1.79 bits per heavy atom. The summed E-state index contributed by atoms with van der Waals surface area (Å²) in [5.41, 5.74) is 1.18. The molecule has 0 radical (unpaired) electrons. The van der Waals surface area contributed by atoms with Gasteiger partial charge in [0.1, 0.15) is 5.69 Å². The molecule has 1 atom stereocenters. The molecule has 0 bridgehead atoms. The molecule has 126 valence electrons. The van der Waals surface area contributed by atoms with Gasteiger partial charge in [-0.05, 0) is 11.6 Å². The molecule has 0 aliphatic rings. The van der Waals surface area contributed by atoms with E-state index in [2.05, 4.69) is 10.6 Å². The molecule has 3 N–H and O–H groups in total. The molecule has 2 aromatic carbocycles. The first-order valence-electron chi connectivity index (χ1n) is 7.52. The minimum Gasteiger partial charge on any atom is -0.391 e. The first-order valence-corrected chi connectivity index (χ1v) is 7.52. The highest BCUT2D eigenvalue weighted by molar-refractivity contribution is 5.81. The van der Waals surface area contributed by atoms with Crippen LogP contribution in [0.15, 0.2) is 54.6 Å². The quantitative estimate of drug-likeness (QED) is 0.505. The third-order valence-corrected chi connectivity index (χ3v) is 3.39. The van der Waals surface area contributed by atoms with E-state index in [-0.39, 0.29) is 30.4 Å². The van der Waals surface area contributed by atoms with Gasteiger partial charge in [0.2, 0.25) is 5.91 Å². The van der Waals surface area contributed by atoms with Gasteiger partial charge in [0.05, 0.1) is 17.6 Å². The molecule has 0 fully saturated rings. The van der Waals surface area contributed by atoms with Gasteiger partial charge >= 0.3 is 0 Å². The number of hydrogen-bond donors (Lipinski definition) is 3. The lowest BCUT2D eigenvalue weighted by molar-refractivity contribution is -0.383. The topological polar surface area (TPSA) is 104 Å². The summed E-state index contributed by atoms with van der Waals surface area (Å²) in [6.45, 7) is 0.00913. The van der Waals surface area contributed by atoms with Crippen LogP contribution in [0.25, 0.3) is 0 Å². The number of nitrogens with one attached hydrogen (secondary N) is 2. The molecule has 0 aliphatic carbocycles. The maximum atomic E-state index is 11.8. The molecule has 0 aromatic heterocycles. The van der Waals surface area contributed by atoms with E-state index in [0.717, 1.165) is 5.56 Å². The summed E-state index contributed by atoms with van der Waals surface area (Å²) in [6.07, 6.45) is -0.249. The number of anilines is 1. The van der Waals surface area contributed by atoms with Crippen LogP contribution in [0.3, 0.4) is 0 Å². The number of benzene rings is 2. The number of nitro groups is 1. The predicted octanol–water partition coefficient (Wildman–Crippen LogP) is 1.73. The Hall–Kier alpha value is -2.93. The van der Waals surface area contributed by atoms with Crippen LogP contribution in [0.2, 0.25) is 0 Å². The Balaban J connectivity index is 1.77. The molecule has 0 saturated heterocycles. The van der Waals surface area contributed by atoms with E-state index in [1.807, 2.05) is 30.3 Å². The van der Waals surface area contributed by atoms with E-state index in [4.69, 9.17) is 0 Å². The third kappa shape index (κ3) is 5.36. The van der Waals surface area contributed by atoms with Gasteiger partial charge < -0.3 is 15.7 Å². The number of amides is 1. The summed E-state index contributed by atoms with van der Waals surface area (Å²) in [7, 11) is 0. The summed E-state index contributed by atoms with van der Waals surface area (Å²) < 4.78 is 0. The van der Waals surface area contributed by atoms with Crippen molar-refractivity contribution in [2.45, 2.75) is 12.5 Å². The molecule has 2 aromatic rings. The van der Waals surface area contributed by atoms with E-state index in [9.17, 15) is 20.0 Å². The van der Waals surface area contributed by atoms with Crippen LogP contribution in [-0.2, 0) is 11.2 Å². The van der Waals surface area contributed by atoms with Gasteiger partial charge in [-0.15, -0.1) is 0 Å². The Bertz CT molecular complexity index is 691. The summed E-state index contributed by atoms with van der Waals surface area (Å²) in [5.74, 6) is -0.347. The van der Waals surface area contributed by atoms with Gasteiger partial charge in [-0.1, -0.05) is 42.5 Å². The van der Waals surface area contributed by atoms with Crippen molar-refractivity contribution in [3.8, 4) is 0 Å². The minimum absolute atomic E-state index is 0.0885. The number of aliphatic hydroxyl groups is 1. The number of rotatable bonds is 8. The molecule has 1 amide bonds. The number of hydrogen-bond acceptors (Lipinski definition) is 5. The maximum Gasteiger partial charge on any atom is 0.292 e. The SMILES string of the molecule is O=C(CNc1ccccc1[N+](=O)[O-])NC[C@H](O)Cc1ccccc1. The number of nitro benzene ring substituents is 1. The molecule has 0 unspecified atom stereocenters. The smallest absolute Gasteiger partial charge is 0.292 e. The Morgan fingerprint density at radius 3 is 2.50 bits per heavy atom. The zero-order chi connectivity index (χ0) is 17.4. The fourth-order valence-corrected chi connectivity index (χ4v) is 2.21. The number of carbonyl (C=O) groups excluding carboxylic acids is 1. The highest BCUT2D eigenvalue weighted by Crippen LogP contribution is 2.22. The zero-order valence-corrected chi connectivity index (χ0v) is 13.0. The van der Waals surface area contributed by atoms with Crippen molar-refractivity contribution >= 4 is 17.3 Å². The number of para-hydroxylation sites is 2. The van der Waals surface area contributed by atoms with Crippen LogP contribution < -0.4 is 10.6 Å². The van der Waals surface area contributed by atoms with E-state index >= 15 is 0 Å². The normalized spacial score (nSPS) is 11.5. The lowest BCUT2D eigenvalue weighted by Crippen LogP contribution is -2.36. The Morgan fingerprint density at radius 1 is 1.12 bits per heavy atom. The lowest BCUT2D eigenvalue weighted by atomic mass is 10.1. The Labute approximate surface area is 139 Å². The van der Waals surface area contributed by atoms with Crippen LogP contribution in [0.1, 0.15) is 5.56 Å². The first-order chi connectivity index (χ1) is 11.6. The molecule has 7 heteroatoms. The van der Waals surface area contributed by atoms with Gasteiger partial charge in [-0.25, -0.2) is 0 Å². The van der Waals surface area contributed by atoms with Crippen molar-refractivity contribution in [3.63, 3.8) is 0 Å². The third-order valence-electron chi connectivity index (χ3n) is 3.39. The molecule has 0 spiro atoms. The first kappa shape index (κ1) is 17.4. The summed E-state index contributed by atoms with van der Waals surface area (Å²) >= 11 is 0. The molecular weight excluding hydrogens is 310 g/mol. The molecule has 0 aliphatic heterocycles. The molecule has 24 heavy (non-hydrogen) atoms. The van der Waals surface area contributed by atoms with E-state index in [1.54, 1.807) is 12.1 Å². The van der Waals surface area contributed by atoms with Crippen molar-refractivity contribution in [3.05, 3.63) is 70.3 Å². The van der Waals surface area contributed by atoms with Gasteiger partial charge in [0, 0.05) is 19.0 Å². The Kier molecular flexibility index (Phi) is 6.27. The van der Waals surface area contributed by atoms with Crippen molar-refractivity contribution in [2.75, 3.05) is 18.4 Å². The van der Waals surface area contributed by atoms with E-state index in [1.165, 1.54) is 12.1 Å². The zero-order valence-electron chi connectivity index (χ0n) is 13.0. The second-order valence-corrected chi connectivity index (χ2v) is 5.28. The number of aliphatic hydroxyl groups excluding tert-OH is 1. The molecule has 0 saturated carbocycles. The molecular formula is C17H19N3O4. The van der Waals surface area contributed by atoms with Crippen molar-refractivity contribution < 1.29 is 14.8 Å². The summed E-state index contributed by atoms with van der Waals surface area (Å²) in [4.78, 5) is 22.2. The standard InChI is InChI=1S/C17H19N3O4/c21-14(10-13-6-2-1-3-7-13)11-19-17(22)12-18-15-8-4-5-9-16(15)20(23)24/h1-9,14,18,21H,10-12H2,(H,19,22)/t14-/m1/s1. The predicted molar refractivity (Wildman–Crippen MR) is 90.7 cm³/mol. The minimum atomic E-state index is -0.692. The van der Waals surface area contributed by atoms with Crippen LogP contribution >= 0.6 is 0 Å².